The zero-order chi connectivity index (χ0) is 21.3. The molecule has 29 heavy (non-hydrogen) atoms. The van der Waals surface area contributed by atoms with Crippen molar-refractivity contribution in [2.24, 2.45) is 0 Å². The predicted octanol–water partition coefficient (Wildman–Crippen LogP) is 4.30. The molecule has 2 amide bonds. The van der Waals surface area contributed by atoms with Gasteiger partial charge in [-0.2, -0.15) is 8.42 Å². The number of alkyl carbamates (subject to hydrolysis) is 1. The van der Waals surface area contributed by atoms with E-state index in [4.69, 9.17) is 16.3 Å². The minimum Gasteiger partial charge on any atom is -0.450 e. The van der Waals surface area contributed by atoms with E-state index in [1.165, 1.54) is 24.3 Å². The van der Waals surface area contributed by atoms with E-state index in [0.29, 0.717) is 17.3 Å². The fraction of sp³-hybridized carbons (Fsp3) is 0.263. The summed E-state index contributed by atoms with van der Waals surface area (Å²) in [5, 5.41) is 5.30. The molecule has 0 radical (unpaired) electrons. The lowest BCUT2D eigenvalue weighted by molar-refractivity contribution is 0.144. The van der Waals surface area contributed by atoms with Gasteiger partial charge in [0.05, 0.1) is 6.61 Å². The van der Waals surface area contributed by atoms with E-state index < -0.39 is 22.3 Å². The van der Waals surface area contributed by atoms with Crippen molar-refractivity contribution in [3.05, 3.63) is 59.1 Å². The van der Waals surface area contributed by atoms with Crippen LogP contribution in [0.5, 0.6) is 0 Å². The van der Waals surface area contributed by atoms with Crippen molar-refractivity contribution >= 4 is 39.6 Å². The van der Waals surface area contributed by atoms with Gasteiger partial charge in [0.1, 0.15) is 4.90 Å². The maximum Gasteiger partial charge on any atom is 0.427 e. The quantitative estimate of drug-likeness (QED) is 0.467. The molecule has 0 fully saturated rings. The summed E-state index contributed by atoms with van der Waals surface area (Å²) in [4.78, 5) is 23.2. The predicted molar refractivity (Wildman–Crippen MR) is 108 cm³/mol. The number of amides is 2. The maximum atomic E-state index is 12.1. The number of nitrogens with one attached hydrogen (secondary N) is 2. The highest BCUT2D eigenvalue weighted by Gasteiger charge is 2.20. The number of hydrogen-bond donors (Lipinski definition) is 2. The van der Waals surface area contributed by atoms with Crippen LogP contribution in [0, 0.1) is 0 Å². The van der Waals surface area contributed by atoms with Crippen LogP contribution in [0.15, 0.2) is 53.4 Å². The number of hydrogen-bond acceptors (Lipinski definition) is 6. The summed E-state index contributed by atoms with van der Waals surface area (Å²) in [6.07, 6.45) is 0.0879. The summed E-state index contributed by atoms with van der Waals surface area (Å²) in [7, 11) is -4.26. The van der Waals surface area contributed by atoms with E-state index in [9.17, 15) is 18.0 Å². The molecule has 0 atom stereocenters. The number of unbranched alkanes of at least 4 members (excludes halogenated alkanes) is 1. The third-order valence-corrected chi connectivity index (χ3v) is 5.13. The molecule has 8 nitrogen and oxygen atoms in total. The molecular weight excluding hydrogens is 420 g/mol. The van der Waals surface area contributed by atoms with E-state index >= 15 is 0 Å². The summed E-state index contributed by atoms with van der Waals surface area (Å²) >= 11 is 5.71. The zero-order valence-electron chi connectivity index (χ0n) is 15.7. The SMILES string of the molecule is CCCCOC(=O)NCc1ccc(NC(=O)OS(=O)(=O)c2ccc(Cl)cc2)cc1. The van der Waals surface area contributed by atoms with Gasteiger partial charge < -0.3 is 14.2 Å². The highest BCUT2D eigenvalue weighted by atomic mass is 35.5. The number of carbonyl (C=O) groups is 2. The van der Waals surface area contributed by atoms with Gasteiger partial charge in [0, 0.05) is 17.3 Å². The Kier molecular flexibility index (Phi) is 8.29. The van der Waals surface area contributed by atoms with Crippen molar-refractivity contribution in [2.75, 3.05) is 11.9 Å². The van der Waals surface area contributed by atoms with Crippen LogP contribution < -0.4 is 10.6 Å². The molecule has 2 rings (SSSR count). The van der Waals surface area contributed by atoms with E-state index in [2.05, 4.69) is 14.8 Å². The Morgan fingerprint density at radius 3 is 2.28 bits per heavy atom. The molecule has 2 aromatic rings. The van der Waals surface area contributed by atoms with E-state index in [0.717, 1.165) is 18.4 Å². The Hall–Kier alpha value is -2.78. The molecule has 0 aliphatic carbocycles. The monoisotopic (exact) mass is 440 g/mol. The van der Waals surface area contributed by atoms with Crippen molar-refractivity contribution < 1.29 is 26.9 Å². The molecule has 0 unspecified atom stereocenters. The van der Waals surface area contributed by atoms with Crippen LogP contribution in [0.2, 0.25) is 5.02 Å². The van der Waals surface area contributed by atoms with E-state index in [-0.39, 0.29) is 11.4 Å². The Balaban J connectivity index is 1.85. The molecule has 0 aliphatic rings. The first kappa shape index (κ1) is 22.5. The van der Waals surface area contributed by atoms with Crippen LogP contribution in [0.1, 0.15) is 25.3 Å². The minimum absolute atomic E-state index is 0.190. The standard InChI is InChI=1S/C19H21ClN2O6S/c1-2-3-12-27-18(23)21-13-14-4-8-16(9-5-14)22-19(24)28-29(25,26)17-10-6-15(20)7-11-17/h4-11H,2-3,12-13H2,1H3,(H,21,23)(H,22,24). The van der Waals surface area contributed by atoms with Gasteiger partial charge in [-0.1, -0.05) is 37.1 Å². The first-order valence-electron chi connectivity index (χ1n) is 8.81. The second-order valence-corrected chi connectivity index (χ2v) is 7.93. The van der Waals surface area contributed by atoms with Gasteiger partial charge in [-0.15, -0.1) is 0 Å². The fourth-order valence-electron chi connectivity index (χ4n) is 2.13. The van der Waals surface area contributed by atoms with Gasteiger partial charge in [0.15, 0.2) is 0 Å². The first-order valence-corrected chi connectivity index (χ1v) is 10.6. The van der Waals surface area contributed by atoms with Crippen molar-refractivity contribution in [1.29, 1.82) is 0 Å². The van der Waals surface area contributed by atoms with Crippen LogP contribution in [-0.2, 0) is 25.6 Å². The summed E-state index contributed by atoms with van der Waals surface area (Å²) in [5.41, 5.74) is 1.10. The molecule has 10 heteroatoms. The third-order valence-electron chi connectivity index (χ3n) is 3.66. The van der Waals surface area contributed by atoms with Crippen molar-refractivity contribution in [3.63, 3.8) is 0 Å². The first-order chi connectivity index (χ1) is 13.8. The molecular formula is C19H21ClN2O6S. The Labute approximate surface area is 174 Å². The molecule has 0 spiro atoms. The molecule has 2 aromatic carbocycles. The van der Waals surface area contributed by atoms with E-state index in [1.54, 1.807) is 24.3 Å². The van der Waals surface area contributed by atoms with Gasteiger partial charge in [-0.3, -0.25) is 5.32 Å². The van der Waals surface area contributed by atoms with Gasteiger partial charge in [-0.25, -0.2) is 9.59 Å². The van der Waals surface area contributed by atoms with Gasteiger partial charge in [0.2, 0.25) is 0 Å². The van der Waals surface area contributed by atoms with Gasteiger partial charge in [0.25, 0.3) is 0 Å². The average molecular weight is 441 g/mol. The smallest absolute Gasteiger partial charge is 0.427 e. The Morgan fingerprint density at radius 1 is 1.00 bits per heavy atom. The molecule has 0 aliphatic heterocycles. The van der Waals surface area contributed by atoms with Crippen molar-refractivity contribution in [2.45, 2.75) is 31.2 Å². The third kappa shape index (κ3) is 7.63. The summed E-state index contributed by atoms with van der Waals surface area (Å²) < 4.78 is 33.6. The average Bonchev–Trinajstić information content (AvgIpc) is 2.67. The lowest BCUT2D eigenvalue weighted by Crippen LogP contribution is -2.24. The number of ether oxygens (including phenoxy) is 1. The highest BCUT2D eigenvalue weighted by Crippen LogP contribution is 2.17. The van der Waals surface area contributed by atoms with E-state index in [1.807, 2.05) is 6.92 Å². The number of halogens is 1. The summed E-state index contributed by atoms with van der Waals surface area (Å²) in [5.74, 6) is 0. The topological polar surface area (TPSA) is 111 Å². The molecule has 156 valence electrons. The van der Waals surface area contributed by atoms with Crippen LogP contribution in [0.25, 0.3) is 0 Å². The fourth-order valence-corrected chi connectivity index (χ4v) is 3.06. The minimum atomic E-state index is -4.26. The highest BCUT2D eigenvalue weighted by molar-refractivity contribution is 7.87. The number of carbonyl (C=O) groups excluding carboxylic acids is 2. The van der Waals surface area contributed by atoms with Crippen molar-refractivity contribution in [3.8, 4) is 0 Å². The van der Waals surface area contributed by atoms with Crippen LogP contribution >= 0.6 is 11.6 Å². The zero-order valence-corrected chi connectivity index (χ0v) is 17.3. The molecule has 0 saturated carbocycles. The van der Waals surface area contributed by atoms with Crippen LogP contribution in [-0.4, -0.2) is 27.2 Å². The number of benzene rings is 2. The van der Waals surface area contributed by atoms with Crippen LogP contribution in [0.3, 0.4) is 0 Å². The normalized spacial score (nSPS) is 10.8. The second kappa shape index (κ2) is 10.7. The molecule has 2 N–H and O–H groups in total. The Bertz CT molecular complexity index is 930. The second-order valence-electron chi connectivity index (χ2n) is 5.94. The molecule has 0 saturated heterocycles. The lowest BCUT2D eigenvalue weighted by Gasteiger charge is -2.09. The number of rotatable bonds is 8. The molecule has 0 bridgehead atoms. The Morgan fingerprint density at radius 2 is 1.66 bits per heavy atom. The number of anilines is 1. The summed E-state index contributed by atoms with van der Waals surface area (Å²) in [6.45, 7) is 2.62. The summed E-state index contributed by atoms with van der Waals surface area (Å²) in [6, 6.07) is 11.7. The maximum absolute atomic E-state index is 12.1. The van der Waals surface area contributed by atoms with Gasteiger partial charge in [-0.05, 0) is 48.4 Å². The lowest BCUT2D eigenvalue weighted by atomic mass is 10.2. The van der Waals surface area contributed by atoms with Gasteiger partial charge >= 0.3 is 22.3 Å². The largest absolute Gasteiger partial charge is 0.450 e. The molecule has 0 aromatic heterocycles. The van der Waals surface area contributed by atoms with Crippen molar-refractivity contribution in [1.82, 2.24) is 5.32 Å². The van der Waals surface area contributed by atoms with Crippen LogP contribution in [0.4, 0.5) is 15.3 Å². The molecule has 0 heterocycles.